The minimum Gasteiger partial charge on any atom is -0.334 e. The quantitative estimate of drug-likeness (QED) is 0.643. The summed E-state index contributed by atoms with van der Waals surface area (Å²) in [7, 11) is 0. The lowest BCUT2D eigenvalue weighted by Gasteiger charge is -2.23. The molecule has 2 rings (SSSR count). The molecule has 1 aromatic rings. The molecular formula is C12H15N3O3. The van der Waals surface area contributed by atoms with Gasteiger partial charge in [0.1, 0.15) is 0 Å². The minimum absolute atomic E-state index is 0.0108. The Kier molecular flexibility index (Phi) is 3.57. The van der Waals surface area contributed by atoms with E-state index in [0.717, 1.165) is 12.8 Å². The van der Waals surface area contributed by atoms with Crippen molar-refractivity contribution in [1.82, 2.24) is 4.90 Å². The molecule has 1 aromatic carbocycles. The summed E-state index contributed by atoms with van der Waals surface area (Å²) in [5.41, 5.74) is 6.08. The highest BCUT2D eigenvalue weighted by Gasteiger charge is 2.28. The van der Waals surface area contributed by atoms with E-state index in [9.17, 15) is 14.9 Å². The van der Waals surface area contributed by atoms with Gasteiger partial charge in [-0.15, -0.1) is 0 Å². The third kappa shape index (κ3) is 2.33. The van der Waals surface area contributed by atoms with Crippen LogP contribution in [0.15, 0.2) is 24.3 Å². The van der Waals surface area contributed by atoms with Crippen LogP contribution in [0.25, 0.3) is 0 Å². The van der Waals surface area contributed by atoms with Crippen molar-refractivity contribution in [2.45, 2.75) is 18.9 Å². The second-order valence-corrected chi connectivity index (χ2v) is 4.33. The van der Waals surface area contributed by atoms with Crippen molar-refractivity contribution in [1.29, 1.82) is 0 Å². The molecule has 1 unspecified atom stereocenters. The van der Waals surface area contributed by atoms with Crippen molar-refractivity contribution in [3.8, 4) is 0 Å². The molecule has 1 heterocycles. The molecule has 1 amide bonds. The number of non-ortho nitro benzene ring substituents is 1. The Labute approximate surface area is 105 Å². The Morgan fingerprint density at radius 2 is 2.11 bits per heavy atom. The number of carbonyl (C=O) groups is 1. The third-order valence-corrected chi connectivity index (χ3v) is 3.24. The summed E-state index contributed by atoms with van der Waals surface area (Å²) >= 11 is 0. The summed E-state index contributed by atoms with van der Waals surface area (Å²) in [6.07, 6.45) is 1.88. The van der Waals surface area contributed by atoms with Crippen molar-refractivity contribution in [3.05, 3.63) is 39.9 Å². The second-order valence-electron chi connectivity index (χ2n) is 4.33. The number of benzene rings is 1. The Bertz CT molecular complexity index is 458. The highest BCUT2D eigenvalue weighted by molar-refractivity contribution is 5.94. The summed E-state index contributed by atoms with van der Waals surface area (Å²) in [5.74, 6) is -0.0992. The fourth-order valence-electron chi connectivity index (χ4n) is 2.24. The lowest BCUT2D eigenvalue weighted by molar-refractivity contribution is -0.384. The number of nitro groups is 1. The lowest BCUT2D eigenvalue weighted by Crippen LogP contribution is -2.39. The molecule has 1 fully saturated rings. The van der Waals surface area contributed by atoms with Crippen molar-refractivity contribution in [3.63, 3.8) is 0 Å². The molecule has 0 saturated carbocycles. The molecule has 1 saturated heterocycles. The normalized spacial score (nSPS) is 18.9. The highest BCUT2D eigenvalue weighted by Crippen LogP contribution is 2.20. The maximum absolute atomic E-state index is 12.2. The maximum Gasteiger partial charge on any atom is 0.269 e. The minimum atomic E-state index is -0.479. The van der Waals surface area contributed by atoms with E-state index >= 15 is 0 Å². The average molecular weight is 249 g/mol. The Hall–Kier alpha value is -1.95. The standard InChI is InChI=1S/C12H15N3O3/c13-8-11-2-1-7-14(11)12(16)9-3-5-10(6-4-9)15(17)18/h3-6,11H,1-2,7-8,13H2. The van der Waals surface area contributed by atoms with Crippen LogP contribution in [0.5, 0.6) is 0 Å². The van der Waals surface area contributed by atoms with Crippen molar-refractivity contribution in [2.24, 2.45) is 5.73 Å². The van der Waals surface area contributed by atoms with E-state index in [1.54, 1.807) is 4.90 Å². The molecule has 18 heavy (non-hydrogen) atoms. The molecule has 0 aliphatic carbocycles. The first-order valence-electron chi connectivity index (χ1n) is 5.89. The van der Waals surface area contributed by atoms with Gasteiger partial charge in [-0.3, -0.25) is 14.9 Å². The molecule has 6 heteroatoms. The number of hydrogen-bond donors (Lipinski definition) is 1. The Morgan fingerprint density at radius 1 is 1.44 bits per heavy atom. The van der Waals surface area contributed by atoms with Crippen molar-refractivity contribution < 1.29 is 9.72 Å². The maximum atomic E-state index is 12.2. The fraction of sp³-hybridized carbons (Fsp3) is 0.417. The molecule has 2 N–H and O–H groups in total. The van der Waals surface area contributed by atoms with Crippen LogP contribution in [0.1, 0.15) is 23.2 Å². The van der Waals surface area contributed by atoms with Gasteiger partial charge in [-0.2, -0.15) is 0 Å². The van der Waals surface area contributed by atoms with Gasteiger partial charge < -0.3 is 10.6 Å². The monoisotopic (exact) mass is 249 g/mol. The third-order valence-electron chi connectivity index (χ3n) is 3.24. The van der Waals surface area contributed by atoms with E-state index in [1.165, 1.54) is 24.3 Å². The number of nitrogens with two attached hydrogens (primary N) is 1. The topological polar surface area (TPSA) is 89.5 Å². The van der Waals surface area contributed by atoms with Gasteiger partial charge in [-0.05, 0) is 25.0 Å². The zero-order valence-electron chi connectivity index (χ0n) is 9.91. The first-order valence-corrected chi connectivity index (χ1v) is 5.89. The summed E-state index contributed by atoms with van der Waals surface area (Å²) in [6.45, 7) is 1.16. The van der Waals surface area contributed by atoms with E-state index < -0.39 is 4.92 Å². The van der Waals surface area contributed by atoms with Gasteiger partial charge in [-0.25, -0.2) is 0 Å². The predicted molar refractivity (Wildman–Crippen MR) is 66.2 cm³/mol. The van der Waals surface area contributed by atoms with Gasteiger partial charge in [0.15, 0.2) is 0 Å². The summed E-state index contributed by atoms with van der Waals surface area (Å²) in [6, 6.07) is 5.77. The van der Waals surface area contributed by atoms with Crippen LogP contribution < -0.4 is 5.73 Å². The van der Waals surface area contributed by atoms with Gasteiger partial charge in [0.05, 0.1) is 4.92 Å². The van der Waals surface area contributed by atoms with Gasteiger partial charge in [0.25, 0.3) is 11.6 Å². The molecular weight excluding hydrogens is 234 g/mol. The number of amides is 1. The first-order chi connectivity index (χ1) is 8.63. The summed E-state index contributed by atoms with van der Waals surface area (Å²) in [5, 5.41) is 10.5. The molecule has 0 spiro atoms. The zero-order valence-corrected chi connectivity index (χ0v) is 9.91. The van der Waals surface area contributed by atoms with Gasteiger partial charge >= 0.3 is 0 Å². The molecule has 0 bridgehead atoms. The van der Waals surface area contributed by atoms with E-state index in [-0.39, 0.29) is 17.6 Å². The second kappa shape index (κ2) is 5.14. The largest absolute Gasteiger partial charge is 0.334 e. The van der Waals surface area contributed by atoms with Crippen molar-refractivity contribution in [2.75, 3.05) is 13.1 Å². The smallest absolute Gasteiger partial charge is 0.269 e. The SMILES string of the molecule is NCC1CCCN1C(=O)c1ccc([N+](=O)[O-])cc1. The van der Waals surface area contributed by atoms with E-state index in [1.807, 2.05) is 0 Å². The molecule has 96 valence electrons. The van der Waals surface area contributed by atoms with Gasteiger partial charge in [0, 0.05) is 36.8 Å². The van der Waals surface area contributed by atoms with Crippen molar-refractivity contribution >= 4 is 11.6 Å². The van der Waals surface area contributed by atoms with Crippen LogP contribution in [-0.4, -0.2) is 34.9 Å². The Balaban J connectivity index is 2.16. The van der Waals surface area contributed by atoms with E-state index in [0.29, 0.717) is 18.7 Å². The van der Waals surface area contributed by atoms with Gasteiger partial charge in [-0.1, -0.05) is 0 Å². The number of hydrogen-bond acceptors (Lipinski definition) is 4. The Morgan fingerprint density at radius 3 is 2.67 bits per heavy atom. The van der Waals surface area contributed by atoms with Gasteiger partial charge in [0.2, 0.25) is 0 Å². The number of nitro benzene ring substituents is 1. The van der Waals surface area contributed by atoms with Crippen LogP contribution in [0.2, 0.25) is 0 Å². The van der Waals surface area contributed by atoms with Crippen LogP contribution in [0.4, 0.5) is 5.69 Å². The lowest BCUT2D eigenvalue weighted by atomic mass is 10.1. The number of nitrogens with zero attached hydrogens (tertiary/aromatic N) is 2. The summed E-state index contributed by atoms with van der Waals surface area (Å²) in [4.78, 5) is 24.0. The van der Waals surface area contributed by atoms with Crippen LogP contribution in [-0.2, 0) is 0 Å². The van der Waals surface area contributed by atoms with E-state index in [4.69, 9.17) is 5.73 Å². The van der Waals surface area contributed by atoms with Crippen LogP contribution in [0.3, 0.4) is 0 Å². The highest BCUT2D eigenvalue weighted by atomic mass is 16.6. The molecule has 0 radical (unpaired) electrons. The average Bonchev–Trinajstić information content (AvgIpc) is 2.86. The first kappa shape index (κ1) is 12.5. The van der Waals surface area contributed by atoms with Crippen LogP contribution >= 0.6 is 0 Å². The molecule has 0 aromatic heterocycles. The zero-order chi connectivity index (χ0) is 13.1. The summed E-state index contributed by atoms with van der Waals surface area (Å²) < 4.78 is 0. The molecule has 1 aliphatic rings. The fourth-order valence-corrected chi connectivity index (χ4v) is 2.24. The van der Waals surface area contributed by atoms with Crippen LogP contribution in [0, 0.1) is 10.1 Å². The van der Waals surface area contributed by atoms with E-state index in [2.05, 4.69) is 0 Å². The predicted octanol–water partition coefficient (Wildman–Crippen LogP) is 1.16. The number of rotatable bonds is 3. The molecule has 1 aliphatic heterocycles. The number of carbonyl (C=O) groups excluding carboxylic acids is 1. The molecule has 6 nitrogen and oxygen atoms in total. The molecule has 1 atom stereocenters. The number of likely N-dealkylation sites (tertiary alicyclic amines) is 1.